The van der Waals surface area contributed by atoms with Gasteiger partial charge in [-0.25, -0.2) is 13.6 Å². The average Bonchev–Trinajstić information content (AvgIpc) is 2.44. The smallest absolute Gasteiger partial charge is 0.408 e. The van der Waals surface area contributed by atoms with Crippen molar-refractivity contribution in [1.29, 1.82) is 0 Å². The van der Waals surface area contributed by atoms with Crippen LogP contribution in [0.2, 0.25) is 0 Å². The summed E-state index contributed by atoms with van der Waals surface area (Å²) in [7, 11) is 0. The summed E-state index contributed by atoms with van der Waals surface area (Å²) >= 11 is 0. The lowest BCUT2D eigenvalue weighted by molar-refractivity contribution is -0.126. The van der Waals surface area contributed by atoms with Crippen molar-refractivity contribution in [1.82, 2.24) is 10.6 Å². The minimum atomic E-state index is -1.30. The third-order valence-electron chi connectivity index (χ3n) is 3.17. The van der Waals surface area contributed by atoms with Crippen LogP contribution >= 0.6 is 0 Å². The second kappa shape index (κ2) is 7.77. The summed E-state index contributed by atoms with van der Waals surface area (Å²) in [6.45, 7) is 7.78. The molecular weight excluding hydrogens is 334 g/mol. The van der Waals surface area contributed by atoms with Gasteiger partial charge in [-0.1, -0.05) is 6.07 Å². The van der Waals surface area contributed by atoms with Crippen LogP contribution in [0.15, 0.2) is 18.2 Å². The summed E-state index contributed by atoms with van der Waals surface area (Å²) in [6.07, 6.45) is -1.98. The summed E-state index contributed by atoms with van der Waals surface area (Å²) in [6, 6.07) is 2.97. The molecule has 0 heterocycles. The summed E-state index contributed by atoms with van der Waals surface area (Å²) < 4.78 is 31.2. The van der Waals surface area contributed by atoms with E-state index in [0.29, 0.717) is 0 Å². The van der Waals surface area contributed by atoms with Gasteiger partial charge in [-0.05, 0) is 52.3 Å². The van der Waals surface area contributed by atoms with Crippen LogP contribution < -0.4 is 10.6 Å². The Balaban J connectivity index is 2.61. The van der Waals surface area contributed by atoms with Crippen LogP contribution in [0.5, 0.6) is 0 Å². The van der Waals surface area contributed by atoms with Gasteiger partial charge in [0.25, 0.3) is 0 Å². The minimum Gasteiger partial charge on any atom is -0.444 e. The molecule has 0 bridgehead atoms. The van der Waals surface area contributed by atoms with Crippen molar-refractivity contribution in [2.45, 2.75) is 51.9 Å². The molecule has 2 amide bonds. The highest BCUT2D eigenvalue weighted by atomic mass is 19.2. The normalized spacial score (nSPS) is 13.1. The number of nitrogens with one attached hydrogen (secondary N) is 2. The molecule has 0 saturated carbocycles. The van der Waals surface area contributed by atoms with Gasteiger partial charge < -0.3 is 20.5 Å². The first-order valence-electron chi connectivity index (χ1n) is 7.74. The van der Waals surface area contributed by atoms with Crippen molar-refractivity contribution in [2.24, 2.45) is 0 Å². The van der Waals surface area contributed by atoms with Gasteiger partial charge in [0.15, 0.2) is 11.6 Å². The maximum atomic E-state index is 13.2. The molecule has 1 aromatic rings. The van der Waals surface area contributed by atoms with Crippen molar-refractivity contribution in [3.8, 4) is 0 Å². The third kappa shape index (κ3) is 6.66. The van der Waals surface area contributed by atoms with Crippen molar-refractivity contribution < 1.29 is 28.2 Å². The van der Waals surface area contributed by atoms with Crippen molar-refractivity contribution in [2.75, 3.05) is 6.54 Å². The Labute approximate surface area is 145 Å². The second-order valence-corrected chi connectivity index (χ2v) is 7.15. The number of amides is 2. The fraction of sp³-hybridized carbons (Fsp3) is 0.529. The molecule has 1 atom stereocenters. The zero-order chi connectivity index (χ0) is 19.4. The molecule has 1 unspecified atom stereocenters. The molecule has 0 aliphatic carbocycles. The number of carbonyl (C=O) groups is 2. The van der Waals surface area contributed by atoms with Crippen LogP contribution in [0.4, 0.5) is 13.6 Å². The molecule has 0 aliphatic heterocycles. The number of alkyl carbamates (subject to hydrolysis) is 1. The van der Waals surface area contributed by atoms with Gasteiger partial charge in [-0.3, -0.25) is 4.79 Å². The lowest BCUT2D eigenvalue weighted by Gasteiger charge is -2.28. The summed E-state index contributed by atoms with van der Waals surface area (Å²) in [5.41, 5.74) is -1.88. The largest absolute Gasteiger partial charge is 0.444 e. The molecule has 0 radical (unpaired) electrons. The molecule has 8 heteroatoms. The average molecular weight is 358 g/mol. The van der Waals surface area contributed by atoms with E-state index in [0.717, 1.165) is 12.1 Å². The monoisotopic (exact) mass is 358 g/mol. The van der Waals surface area contributed by atoms with Gasteiger partial charge in [-0.2, -0.15) is 0 Å². The van der Waals surface area contributed by atoms with Crippen molar-refractivity contribution >= 4 is 12.0 Å². The number of hydrogen-bond donors (Lipinski definition) is 3. The maximum absolute atomic E-state index is 13.2. The molecule has 6 nitrogen and oxygen atoms in total. The van der Waals surface area contributed by atoms with Crippen molar-refractivity contribution in [3.63, 3.8) is 0 Å². The third-order valence-corrected chi connectivity index (χ3v) is 3.17. The number of aliphatic hydroxyl groups is 1. The van der Waals surface area contributed by atoms with Gasteiger partial charge in [-0.15, -0.1) is 0 Å². The molecule has 0 saturated heterocycles. The molecule has 3 N–H and O–H groups in total. The molecule has 0 aliphatic rings. The van der Waals surface area contributed by atoms with Crippen LogP contribution in [0, 0.1) is 11.6 Å². The Morgan fingerprint density at radius 2 is 1.76 bits per heavy atom. The number of ether oxygens (including phenoxy) is 1. The molecule has 25 heavy (non-hydrogen) atoms. The molecule has 0 aromatic heterocycles. The predicted octanol–water partition coefficient (Wildman–Crippen LogP) is 2.42. The molecule has 0 fully saturated rings. The zero-order valence-electron chi connectivity index (χ0n) is 14.9. The quantitative estimate of drug-likeness (QED) is 0.754. The van der Waals surface area contributed by atoms with Crippen molar-refractivity contribution in [3.05, 3.63) is 35.4 Å². The maximum Gasteiger partial charge on any atom is 0.408 e. The lowest BCUT2D eigenvalue weighted by Crippen LogP contribution is -2.56. The highest BCUT2D eigenvalue weighted by Crippen LogP contribution is 2.16. The van der Waals surface area contributed by atoms with E-state index in [9.17, 15) is 23.5 Å². The SMILES string of the molecule is CC(C)(C)OC(=O)NC(C)(C)C(=O)NCC(O)c1ccc(F)c(F)c1. The number of rotatable bonds is 5. The molecule has 140 valence electrons. The van der Waals surface area contributed by atoms with Gasteiger partial charge in [0.05, 0.1) is 6.10 Å². The van der Waals surface area contributed by atoms with Gasteiger partial charge in [0.1, 0.15) is 11.1 Å². The van der Waals surface area contributed by atoms with E-state index in [-0.39, 0.29) is 12.1 Å². The Morgan fingerprint density at radius 3 is 2.28 bits per heavy atom. The zero-order valence-corrected chi connectivity index (χ0v) is 14.9. The predicted molar refractivity (Wildman–Crippen MR) is 87.8 cm³/mol. The topological polar surface area (TPSA) is 87.7 Å². The minimum absolute atomic E-state index is 0.122. The van der Waals surface area contributed by atoms with Gasteiger partial charge in [0.2, 0.25) is 5.91 Å². The molecule has 1 aromatic carbocycles. The van der Waals surface area contributed by atoms with Crippen LogP contribution in [-0.2, 0) is 9.53 Å². The standard InChI is InChI=1S/C17H24F2N2O4/c1-16(2,3)25-15(24)21-17(4,5)14(23)20-9-13(22)10-6-7-11(18)12(19)8-10/h6-8,13,22H,9H2,1-5H3,(H,20,23)(H,21,24). The number of hydrogen-bond acceptors (Lipinski definition) is 4. The highest BCUT2D eigenvalue weighted by Gasteiger charge is 2.31. The van der Waals surface area contributed by atoms with Crippen LogP contribution in [0.1, 0.15) is 46.3 Å². The molecule has 0 spiro atoms. The number of aliphatic hydroxyl groups excluding tert-OH is 1. The summed E-state index contributed by atoms with van der Waals surface area (Å²) in [5.74, 6) is -2.68. The molecular formula is C17H24F2N2O4. The van der Waals surface area contributed by atoms with E-state index < -0.39 is 40.9 Å². The Kier molecular flexibility index (Phi) is 6.48. The summed E-state index contributed by atoms with van der Waals surface area (Å²) in [4.78, 5) is 24.0. The van der Waals surface area contributed by atoms with Crippen LogP contribution in [-0.4, -0.2) is 34.8 Å². The van der Waals surface area contributed by atoms with Crippen LogP contribution in [0.25, 0.3) is 0 Å². The Hall–Kier alpha value is -2.22. The van der Waals surface area contributed by atoms with E-state index in [1.54, 1.807) is 20.8 Å². The van der Waals surface area contributed by atoms with E-state index >= 15 is 0 Å². The van der Waals surface area contributed by atoms with E-state index in [4.69, 9.17) is 4.74 Å². The van der Waals surface area contributed by atoms with Gasteiger partial charge in [0, 0.05) is 6.54 Å². The second-order valence-electron chi connectivity index (χ2n) is 7.15. The van der Waals surface area contributed by atoms with Crippen LogP contribution in [0.3, 0.4) is 0 Å². The fourth-order valence-electron chi connectivity index (χ4n) is 1.86. The fourth-order valence-corrected chi connectivity index (χ4v) is 1.86. The van der Waals surface area contributed by atoms with E-state index in [1.165, 1.54) is 19.9 Å². The Morgan fingerprint density at radius 1 is 1.16 bits per heavy atom. The first kappa shape index (κ1) is 20.8. The molecule has 1 rings (SSSR count). The van der Waals surface area contributed by atoms with Gasteiger partial charge >= 0.3 is 6.09 Å². The first-order chi connectivity index (χ1) is 11.3. The summed E-state index contributed by atoms with van der Waals surface area (Å²) in [5, 5.41) is 14.8. The number of halogens is 2. The number of carbonyl (C=O) groups excluding carboxylic acids is 2. The number of benzene rings is 1. The highest BCUT2D eigenvalue weighted by molar-refractivity contribution is 5.89. The first-order valence-corrected chi connectivity index (χ1v) is 7.74. The van der Waals surface area contributed by atoms with E-state index in [2.05, 4.69) is 10.6 Å². The Bertz CT molecular complexity index is 642. The van der Waals surface area contributed by atoms with E-state index in [1.807, 2.05) is 0 Å². The lowest BCUT2D eigenvalue weighted by atomic mass is 10.0.